The van der Waals surface area contributed by atoms with Crippen molar-refractivity contribution in [1.82, 2.24) is 15.2 Å². The van der Waals surface area contributed by atoms with Crippen LogP contribution in [-0.2, 0) is 6.54 Å². The first-order valence-corrected chi connectivity index (χ1v) is 10.3. The average molecular weight is 437 g/mol. The first-order valence-electron chi connectivity index (χ1n) is 10.3. The van der Waals surface area contributed by atoms with Crippen molar-refractivity contribution < 1.29 is 18.6 Å². The predicted octanol–water partition coefficient (Wildman–Crippen LogP) is 2.83. The number of hydrogen-bond acceptors (Lipinski definition) is 4. The summed E-state index contributed by atoms with van der Waals surface area (Å²) in [6.07, 6.45) is 0.815. The number of ether oxygens (including phenoxy) is 1. The molecule has 0 radical (unpaired) electrons. The number of nitrogens with one attached hydrogen (secondary N) is 2. The van der Waals surface area contributed by atoms with Gasteiger partial charge in [0.25, 0.3) is 5.56 Å². The van der Waals surface area contributed by atoms with Crippen molar-refractivity contribution >= 4 is 5.96 Å². The van der Waals surface area contributed by atoms with E-state index < -0.39 is 12.7 Å². The van der Waals surface area contributed by atoms with Crippen molar-refractivity contribution in [3.63, 3.8) is 0 Å². The number of benzene rings is 1. The summed E-state index contributed by atoms with van der Waals surface area (Å²) in [7, 11) is 0. The number of aliphatic hydroxyl groups is 1. The molecule has 31 heavy (non-hydrogen) atoms. The molecule has 0 aliphatic heterocycles. The summed E-state index contributed by atoms with van der Waals surface area (Å²) in [5.41, 5.74) is 1.51. The molecule has 2 aromatic rings. The number of pyridine rings is 1. The lowest BCUT2D eigenvalue weighted by molar-refractivity contribution is -0.0498. The van der Waals surface area contributed by atoms with Crippen LogP contribution in [0.25, 0.3) is 0 Å². The minimum atomic E-state index is -2.88. The van der Waals surface area contributed by atoms with E-state index in [-0.39, 0.29) is 17.9 Å². The minimum absolute atomic E-state index is 0.00523. The third kappa shape index (κ3) is 8.37. The van der Waals surface area contributed by atoms with Crippen LogP contribution in [0.5, 0.6) is 5.75 Å². The molecule has 1 atom stereocenters. The van der Waals surface area contributed by atoms with Crippen molar-refractivity contribution in [3.05, 3.63) is 64.1 Å². The van der Waals surface area contributed by atoms with Gasteiger partial charge in [-0.05, 0) is 50.5 Å². The number of guanidine groups is 1. The fraction of sp³-hybridized carbons (Fsp3) is 0.455. The van der Waals surface area contributed by atoms with Crippen molar-refractivity contribution in [1.29, 1.82) is 0 Å². The maximum atomic E-state index is 12.2. The topological polar surface area (TPSA) is 87.9 Å². The van der Waals surface area contributed by atoms with Crippen LogP contribution in [0, 0.1) is 6.92 Å². The van der Waals surface area contributed by atoms with Crippen LogP contribution in [0.4, 0.5) is 8.78 Å². The van der Waals surface area contributed by atoms with E-state index in [0.717, 1.165) is 18.5 Å². The molecule has 1 heterocycles. The summed E-state index contributed by atoms with van der Waals surface area (Å²) in [6, 6.07) is 11.1. The molecule has 170 valence electrons. The number of aliphatic hydroxyl groups excluding tert-OH is 1. The van der Waals surface area contributed by atoms with Gasteiger partial charge in [0.2, 0.25) is 0 Å². The number of alkyl halides is 2. The van der Waals surface area contributed by atoms with Crippen LogP contribution in [0.3, 0.4) is 0 Å². The summed E-state index contributed by atoms with van der Waals surface area (Å²) in [5.74, 6) is 0.615. The normalized spacial score (nSPS) is 12.6. The fourth-order valence-corrected chi connectivity index (χ4v) is 3.01. The van der Waals surface area contributed by atoms with E-state index in [2.05, 4.69) is 20.4 Å². The Morgan fingerprint density at radius 3 is 2.55 bits per heavy atom. The van der Waals surface area contributed by atoms with E-state index in [1.54, 1.807) is 16.7 Å². The van der Waals surface area contributed by atoms with Gasteiger partial charge in [0.1, 0.15) is 5.75 Å². The second kappa shape index (κ2) is 12.7. The van der Waals surface area contributed by atoms with Gasteiger partial charge >= 0.3 is 6.61 Å². The highest BCUT2D eigenvalue weighted by Gasteiger charge is 2.09. The molecule has 0 aliphatic rings. The second-order valence-electron chi connectivity index (χ2n) is 6.97. The van der Waals surface area contributed by atoms with Crippen molar-refractivity contribution in [2.24, 2.45) is 4.99 Å². The third-order valence-corrected chi connectivity index (χ3v) is 4.63. The monoisotopic (exact) mass is 436 g/mol. The number of rotatable bonds is 11. The highest BCUT2D eigenvalue weighted by molar-refractivity contribution is 5.79. The lowest BCUT2D eigenvalue weighted by Gasteiger charge is -2.14. The smallest absolute Gasteiger partial charge is 0.387 e. The SMILES string of the molecule is CCNC(=NCC(O)c1ccc(OC(F)F)cc1)NCCCCn1c(C)cccc1=O. The largest absolute Gasteiger partial charge is 0.435 e. The van der Waals surface area contributed by atoms with E-state index in [1.807, 2.05) is 19.9 Å². The van der Waals surface area contributed by atoms with E-state index >= 15 is 0 Å². The van der Waals surface area contributed by atoms with Gasteiger partial charge in [-0.25, -0.2) is 0 Å². The Kier molecular flexibility index (Phi) is 9.96. The van der Waals surface area contributed by atoms with Gasteiger partial charge in [0, 0.05) is 31.4 Å². The Morgan fingerprint density at radius 1 is 1.16 bits per heavy atom. The van der Waals surface area contributed by atoms with Gasteiger partial charge in [-0.15, -0.1) is 0 Å². The summed E-state index contributed by atoms with van der Waals surface area (Å²) < 4.78 is 30.5. The van der Waals surface area contributed by atoms with Crippen LogP contribution >= 0.6 is 0 Å². The number of unbranched alkanes of at least 4 members (excludes halogenated alkanes) is 1. The van der Waals surface area contributed by atoms with E-state index in [0.29, 0.717) is 31.2 Å². The van der Waals surface area contributed by atoms with Crippen molar-refractivity contribution in [2.45, 2.75) is 45.9 Å². The molecule has 3 N–H and O–H groups in total. The van der Waals surface area contributed by atoms with E-state index in [1.165, 1.54) is 24.3 Å². The first kappa shape index (κ1) is 24.3. The molecule has 0 bridgehead atoms. The quantitative estimate of drug-likeness (QED) is 0.286. The molecule has 0 amide bonds. The Morgan fingerprint density at radius 2 is 1.90 bits per heavy atom. The molecular formula is C22H30F2N4O3. The highest BCUT2D eigenvalue weighted by atomic mass is 19.3. The Bertz CT molecular complexity index is 885. The lowest BCUT2D eigenvalue weighted by atomic mass is 10.1. The maximum Gasteiger partial charge on any atom is 0.387 e. The number of aromatic nitrogens is 1. The maximum absolute atomic E-state index is 12.2. The molecular weight excluding hydrogens is 406 g/mol. The second-order valence-corrected chi connectivity index (χ2v) is 6.97. The molecule has 0 spiro atoms. The molecule has 0 aliphatic carbocycles. The number of hydrogen-bond donors (Lipinski definition) is 3. The summed E-state index contributed by atoms with van der Waals surface area (Å²) in [4.78, 5) is 16.3. The standard InChI is InChI=1S/C22H30F2N4O3/c1-3-25-22(26-13-4-5-14-28-16(2)7-6-8-20(28)30)27-15-19(29)17-9-11-18(12-10-17)31-21(23)24/h6-12,19,21,29H,3-5,13-15H2,1-2H3,(H2,25,26,27). The number of aliphatic imine (C=N–C) groups is 1. The Labute approximate surface area is 180 Å². The van der Waals surface area contributed by atoms with Crippen LogP contribution < -0.4 is 20.9 Å². The van der Waals surface area contributed by atoms with Gasteiger partial charge in [0.15, 0.2) is 5.96 Å². The van der Waals surface area contributed by atoms with E-state index in [9.17, 15) is 18.7 Å². The predicted molar refractivity (Wildman–Crippen MR) is 117 cm³/mol. The molecule has 1 unspecified atom stereocenters. The van der Waals surface area contributed by atoms with Crippen LogP contribution in [0.2, 0.25) is 0 Å². The molecule has 2 rings (SSSR count). The molecule has 1 aromatic carbocycles. The Hall–Kier alpha value is -2.94. The van der Waals surface area contributed by atoms with Gasteiger partial charge in [-0.2, -0.15) is 8.78 Å². The van der Waals surface area contributed by atoms with Gasteiger partial charge < -0.3 is 25.0 Å². The molecule has 0 fully saturated rings. The number of halogens is 2. The van der Waals surface area contributed by atoms with Gasteiger partial charge in [-0.3, -0.25) is 9.79 Å². The van der Waals surface area contributed by atoms with E-state index in [4.69, 9.17) is 0 Å². The first-order chi connectivity index (χ1) is 14.9. The van der Waals surface area contributed by atoms with Gasteiger partial charge in [0.05, 0.1) is 12.6 Å². The third-order valence-electron chi connectivity index (χ3n) is 4.63. The average Bonchev–Trinajstić information content (AvgIpc) is 2.73. The number of nitrogens with zero attached hydrogens (tertiary/aromatic N) is 2. The minimum Gasteiger partial charge on any atom is -0.435 e. The zero-order valence-electron chi connectivity index (χ0n) is 17.9. The summed E-state index contributed by atoms with van der Waals surface area (Å²) in [6.45, 7) is 3.09. The van der Waals surface area contributed by atoms with Crippen LogP contribution in [-0.4, -0.2) is 41.9 Å². The summed E-state index contributed by atoms with van der Waals surface area (Å²) >= 11 is 0. The van der Waals surface area contributed by atoms with Crippen molar-refractivity contribution in [2.75, 3.05) is 19.6 Å². The summed E-state index contributed by atoms with van der Waals surface area (Å²) in [5, 5.41) is 16.6. The zero-order valence-corrected chi connectivity index (χ0v) is 17.9. The molecule has 9 heteroatoms. The fourth-order valence-electron chi connectivity index (χ4n) is 3.01. The Balaban J connectivity index is 1.80. The highest BCUT2D eigenvalue weighted by Crippen LogP contribution is 2.19. The molecule has 1 aromatic heterocycles. The number of aryl methyl sites for hydroxylation is 1. The molecule has 0 saturated heterocycles. The van der Waals surface area contributed by atoms with Gasteiger partial charge in [-0.1, -0.05) is 18.2 Å². The van der Waals surface area contributed by atoms with Crippen LogP contribution in [0.15, 0.2) is 52.3 Å². The molecule has 0 saturated carbocycles. The van der Waals surface area contributed by atoms with Crippen LogP contribution in [0.1, 0.15) is 37.1 Å². The van der Waals surface area contributed by atoms with Crippen molar-refractivity contribution in [3.8, 4) is 5.75 Å². The zero-order chi connectivity index (χ0) is 22.6. The molecule has 7 nitrogen and oxygen atoms in total. The lowest BCUT2D eigenvalue weighted by Crippen LogP contribution is -2.38.